The van der Waals surface area contributed by atoms with Crippen molar-refractivity contribution >= 4 is 11.6 Å². The first-order valence-corrected chi connectivity index (χ1v) is 8.38. The van der Waals surface area contributed by atoms with E-state index < -0.39 is 0 Å². The van der Waals surface area contributed by atoms with Crippen LogP contribution in [0.25, 0.3) is 0 Å². The number of hydrogen-bond donors (Lipinski definition) is 0. The second kappa shape index (κ2) is 10.3. The monoisotopic (exact) mass is 306 g/mol. The summed E-state index contributed by atoms with van der Waals surface area (Å²) in [6.45, 7) is 3.64. The molecule has 122 valence electrons. The third kappa shape index (κ3) is 6.50. The van der Waals surface area contributed by atoms with Crippen LogP contribution in [-0.4, -0.2) is 11.6 Å². The molecule has 0 atom stereocenters. The Labute approximate surface area is 133 Å². The molecule has 0 aliphatic carbocycles. The van der Waals surface area contributed by atoms with Crippen LogP contribution in [-0.2, 0) is 16.0 Å². The fraction of sp³-hybridized carbons (Fsp3) is 0.579. The molecule has 0 bridgehead atoms. The molecule has 0 N–H and O–H groups in total. The largest absolute Gasteiger partial charge is 0.299 e. The van der Waals surface area contributed by atoms with Gasteiger partial charge in [0.05, 0.1) is 5.92 Å². The molecule has 0 heterocycles. The van der Waals surface area contributed by atoms with Gasteiger partial charge in [0.1, 0.15) is 17.4 Å². The molecule has 3 heteroatoms. The molecule has 0 spiro atoms. The van der Waals surface area contributed by atoms with Crippen LogP contribution < -0.4 is 0 Å². The molecule has 0 saturated heterocycles. The molecule has 2 nitrogen and oxygen atoms in total. The first-order valence-electron chi connectivity index (χ1n) is 8.38. The zero-order valence-corrected chi connectivity index (χ0v) is 13.7. The Morgan fingerprint density at radius 3 is 2.00 bits per heavy atom. The molecule has 1 rings (SSSR count). The van der Waals surface area contributed by atoms with Gasteiger partial charge in [0.25, 0.3) is 0 Å². The Balaban J connectivity index is 2.21. The third-order valence-electron chi connectivity index (χ3n) is 4.10. The van der Waals surface area contributed by atoms with Crippen LogP contribution in [0.4, 0.5) is 4.39 Å². The van der Waals surface area contributed by atoms with Crippen molar-refractivity contribution < 1.29 is 14.0 Å². The van der Waals surface area contributed by atoms with E-state index in [4.69, 9.17) is 0 Å². The highest BCUT2D eigenvalue weighted by atomic mass is 19.1. The molecule has 22 heavy (non-hydrogen) atoms. The Kier molecular flexibility index (Phi) is 8.64. The molecule has 1 aromatic rings. The minimum atomic E-state index is -0.382. The van der Waals surface area contributed by atoms with Gasteiger partial charge in [-0.1, -0.05) is 45.2 Å². The summed E-state index contributed by atoms with van der Waals surface area (Å²) < 4.78 is 12.8. The number of hydrogen-bond acceptors (Lipinski definition) is 2. The van der Waals surface area contributed by atoms with Crippen molar-refractivity contribution in [3.63, 3.8) is 0 Å². The number of halogens is 1. The lowest BCUT2D eigenvalue weighted by molar-refractivity contribution is -0.132. The summed E-state index contributed by atoms with van der Waals surface area (Å²) in [5.41, 5.74) is 1.15. The Morgan fingerprint density at radius 1 is 0.909 bits per heavy atom. The van der Waals surface area contributed by atoms with E-state index in [1.54, 1.807) is 0 Å². The zero-order valence-electron chi connectivity index (χ0n) is 13.7. The van der Waals surface area contributed by atoms with Gasteiger partial charge < -0.3 is 0 Å². The van der Waals surface area contributed by atoms with Crippen molar-refractivity contribution in [1.82, 2.24) is 0 Å². The van der Waals surface area contributed by atoms with Gasteiger partial charge in [-0.15, -0.1) is 0 Å². The van der Waals surface area contributed by atoms with Gasteiger partial charge in [-0.05, 0) is 37.0 Å². The highest BCUT2D eigenvalue weighted by Crippen LogP contribution is 2.17. The van der Waals surface area contributed by atoms with Gasteiger partial charge in [-0.3, -0.25) is 9.59 Å². The highest BCUT2D eigenvalue weighted by Gasteiger charge is 2.22. The number of Topliss-reactive ketones (excluding diaryl/α,β-unsaturated/α-hetero) is 2. The summed E-state index contributed by atoms with van der Waals surface area (Å²) in [6, 6.07) is 6.63. The van der Waals surface area contributed by atoms with E-state index >= 15 is 0 Å². The average Bonchev–Trinajstić information content (AvgIpc) is 2.54. The standard InChI is InChI=1S/C19H27FO2/c1-3-18(21)17(19(22)4-2)10-8-6-5-7-9-15-11-13-16(20)14-12-15/h11-14,17H,3-10H2,1-2H3. The molecule has 0 aromatic heterocycles. The Bertz CT molecular complexity index is 449. The predicted octanol–water partition coefficient (Wildman–Crippen LogP) is 4.89. The van der Waals surface area contributed by atoms with Crippen LogP contribution in [0.15, 0.2) is 24.3 Å². The highest BCUT2D eigenvalue weighted by molar-refractivity contribution is 6.02. The lowest BCUT2D eigenvalue weighted by Crippen LogP contribution is -2.22. The molecular weight excluding hydrogens is 279 g/mol. The fourth-order valence-electron chi connectivity index (χ4n) is 2.68. The van der Waals surface area contributed by atoms with Gasteiger partial charge in [-0.2, -0.15) is 0 Å². The summed E-state index contributed by atoms with van der Waals surface area (Å²) in [4.78, 5) is 23.6. The van der Waals surface area contributed by atoms with E-state index in [1.807, 2.05) is 26.0 Å². The van der Waals surface area contributed by atoms with Crippen molar-refractivity contribution in [1.29, 1.82) is 0 Å². The molecule has 1 aromatic carbocycles. The van der Waals surface area contributed by atoms with E-state index in [1.165, 1.54) is 12.1 Å². The van der Waals surface area contributed by atoms with Gasteiger partial charge in [0.15, 0.2) is 0 Å². The first kappa shape index (κ1) is 18.5. The smallest absolute Gasteiger partial charge is 0.143 e. The topological polar surface area (TPSA) is 34.1 Å². The SMILES string of the molecule is CCC(=O)C(CCCCCCc1ccc(F)cc1)C(=O)CC. The van der Waals surface area contributed by atoms with Crippen LogP contribution in [0.1, 0.15) is 64.4 Å². The van der Waals surface area contributed by atoms with E-state index in [-0.39, 0.29) is 23.3 Å². The summed E-state index contributed by atoms with van der Waals surface area (Å²) in [6.07, 6.45) is 6.62. The fourth-order valence-corrected chi connectivity index (χ4v) is 2.68. The Hall–Kier alpha value is -1.51. The number of ketones is 2. The summed E-state index contributed by atoms with van der Waals surface area (Å²) in [7, 11) is 0. The summed E-state index contributed by atoms with van der Waals surface area (Å²) in [5, 5.41) is 0. The van der Waals surface area contributed by atoms with Crippen LogP contribution in [0.5, 0.6) is 0 Å². The van der Waals surface area contributed by atoms with E-state index in [0.29, 0.717) is 19.3 Å². The molecule has 0 saturated carbocycles. The summed E-state index contributed by atoms with van der Waals surface area (Å²) >= 11 is 0. The second-order valence-corrected chi connectivity index (χ2v) is 5.77. The number of benzene rings is 1. The first-order chi connectivity index (χ1) is 10.6. The minimum absolute atomic E-state index is 0.0816. The van der Waals surface area contributed by atoms with E-state index in [2.05, 4.69) is 0 Å². The molecule has 0 amide bonds. The molecule has 0 aliphatic heterocycles. The lowest BCUT2D eigenvalue weighted by atomic mass is 9.90. The van der Waals surface area contributed by atoms with Crippen molar-refractivity contribution in [2.45, 2.75) is 65.2 Å². The van der Waals surface area contributed by atoms with Gasteiger partial charge in [-0.25, -0.2) is 4.39 Å². The van der Waals surface area contributed by atoms with Crippen LogP contribution in [0.2, 0.25) is 0 Å². The number of carbonyl (C=O) groups excluding carboxylic acids is 2. The number of aryl methyl sites for hydroxylation is 1. The maximum atomic E-state index is 12.8. The molecular formula is C19H27FO2. The van der Waals surface area contributed by atoms with Crippen LogP contribution >= 0.6 is 0 Å². The Morgan fingerprint density at radius 2 is 1.45 bits per heavy atom. The normalized spacial score (nSPS) is 10.9. The third-order valence-corrected chi connectivity index (χ3v) is 4.10. The van der Waals surface area contributed by atoms with Crippen molar-refractivity contribution in [3.05, 3.63) is 35.6 Å². The van der Waals surface area contributed by atoms with Crippen LogP contribution in [0, 0.1) is 11.7 Å². The summed E-state index contributed by atoms with van der Waals surface area (Å²) in [5.74, 6) is -0.417. The van der Waals surface area contributed by atoms with E-state index in [9.17, 15) is 14.0 Å². The van der Waals surface area contributed by atoms with Crippen molar-refractivity contribution in [2.75, 3.05) is 0 Å². The quantitative estimate of drug-likeness (QED) is 0.431. The zero-order chi connectivity index (χ0) is 16.4. The van der Waals surface area contributed by atoms with Gasteiger partial charge in [0, 0.05) is 12.8 Å². The molecule has 0 unspecified atom stereocenters. The number of rotatable bonds is 11. The average molecular weight is 306 g/mol. The molecule has 0 radical (unpaired) electrons. The van der Waals surface area contributed by atoms with Crippen molar-refractivity contribution in [3.8, 4) is 0 Å². The molecule has 0 fully saturated rings. The predicted molar refractivity (Wildman–Crippen MR) is 87.3 cm³/mol. The second-order valence-electron chi connectivity index (χ2n) is 5.77. The van der Waals surface area contributed by atoms with Crippen molar-refractivity contribution in [2.24, 2.45) is 5.92 Å². The van der Waals surface area contributed by atoms with Crippen LogP contribution in [0.3, 0.4) is 0 Å². The van der Waals surface area contributed by atoms with Gasteiger partial charge >= 0.3 is 0 Å². The van der Waals surface area contributed by atoms with E-state index in [0.717, 1.165) is 37.7 Å². The maximum Gasteiger partial charge on any atom is 0.143 e. The number of unbranched alkanes of at least 4 members (excludes halogenated alkanes) is 3. The molecule has 0 aliphatic rings. The number of carbonyl (C=O) groups is 2. The van der Waals surface area contributed by atoms with Gasteiger partial charge in [0.2, 0.25) is 0 Å². The minimum Gasteiger partial charge on any atom is -0.299 e. The lowest BCUT2D eigenvalue weighted by Gasteiger charge is -2.12. The maximum absolute atomic E-state index is 12.8.